The van der Waals surface area contributed by atoms with Gasteiger partial charge in [0.25, 0.3) is 5.56 Å². The molecule has 2 heterocycles. The zero-order valence-electron chi connectivity index (χ0n) is 14.8. The van der Waals surface area contributed by atoms with Gasteiger partial charge >= 0.3 is 12.1 Å². The lowest BCUT2D eigenvalue weighted by Gasteiger charge is -2.37. The molecule has 0 spiro atoms. The number of hydrogen-bond acceptors (Lipinski definition) is 7. The van der Waals surface area contributed by atoms with Crippen LogP contribution in [-0.2, 0) is 9.47 Å². The highest BCUT2D eigenvalue weighted by molar-refractivity contribution is 5.91. The molecule has 1 amide bonds. The van der Waals surface area contributed by atoms with Crippen molar-refractivity contribution in [1.82, 2.24) is 9.58 Å². The Bertz CT molecular complexity index is 714. The number of hydrogen-bond donors (Lipinski definition) is 1. The second-order valence-corrected chi connectivity index (χ2v) is 6.67. The summed E-state index contributed by atoms with van der Waals surface area (Å²) in [5.74, 6) is -1.17. The highest BCUT2D eigenvalue weighted by atomic mass is 16.6. The number of methoxy groups -OCH3 is 1. The average molecular weight is 353 g/mol. The second kappa shape index (κ2) is 7.04. The molecule has 9 nitrogen and oxygen atoms in total. The van der Waals surface area contributed by atoms with Gasteiger partial charge in [-0.05, 0) is 20.8 Å². The standard InChI is InChI=1S/C16H23N3O6/c1-16(2,3)25-15(23)17-5-7-18(8-6-17)19-10-11(14(22)24-4)12(20)9-13(19)21/h9-10,20H,5-8H2,1-4H3. The monoisotopic (exact) mass is 353 g/mol. The van der Waals surface area contributed by atoms with Gasteiger partial charge in [0.05, 0.1) is 20.2 Å². The molecule has 1 aliphatic heterocycles. The first-order valence-corrected chi connectivity index (χ1v) is 7.89. The molecule has 1 saturated heterocycles. The van der Waals surface area contributed by atoms with Crippen LogP contribution in [0.2, 0.25) is 0 Å². The van der Waals surface area contributed by atoms with Gasteiger partial charge in [0.1, 0.15) is 16.9 Å². The van der Waals surface area contributed by atoms with Crippen LogP contribution in [0.25, 0.3) is 0 Å². The average Bonchev–Trinajstić information content (AvgIpc) is 2.53. The first kappa shape index (κ1) is 18.6. The number of aromatic nitrogens is 1. The fraction of sp³-hybridized carbons (Fsp3) is 0.562. The van der Waals surface area contributed by atoms with Crippen molar-refractivity contribution < 1.29 is 24.2 Å². The van der Waals surface area contributed by atoms with Crippen LogP contribution in [0.1, 0.15) is 31.1 Å². The molecule has 0 aliphatic carbocycles. The molecular weight excluding hydrogens is 330 g/mol. The van der Waals surface area contributed by atoms with Crippen LogP contribution in [-0.4, -0.2) is 65.6 Å². The van der Waals surface area contributed by atoms with Crippen LogP contribution >= 0.6 is 0 Å². The molecule has 0 saturated carbocycles. The minimum absolute atomic E-state index is 0.100. The number of carbonyl (C=O) groups excluding carboxylic acids is 2. The summed E-state index contributed by atoms with van der Waals surface area (Å²) in [4.78, 5) is 37.4. The van der Waals surface area contributed by atoms with Gasteiger partial charge in [0.2, 0.25) is 0 Å². The smallest absolute Gasteiger partial charge is 0.410 e. The third kappa shape index (κ3) is 4.43. The molecule has 9 heteroatoms. The Hall–Kier alpha value is -2.71. The number of esters is 1. The van der Waals surface area contributed by atoms with E-state index in [0.717, 1.165) is 6.07 Å². The van der Waals surface area contributed by atoms with E-state index < -0.39 is 29.0 Å². The van der Waals surface area contributed by atoms with Gasteiger partial charge in [-0.25, -0.2) is 14.3 Å². The van der Waals surface area contributed by atoms with Crippen molar-refractivity contribution >= 4 is 12.1 Å². The van der Waals surface area contributed by atoms with Gasteiger partial charge in [-0.2, -0.15) is 0 Å². The van der Waals surface area contributed by atoms with Gasteiger partial charge in [0.15, 0.2) is 0 Å². The molecule has 25 heavy (non-hydrogen) atoms. The fourth-order valence-corrected chi connectivity index (χ4v) is 2.42. The molecule has 2 rings (SSSR count). The van der Waals surface area contributed by atoms with E-state index in [9.17, 15) is 19.5 Å². The summed E-state index contributed by atoms with van der Waals surface area (Å²) in [6.07, 6.45) is 0.840. The Kier molecular flexibility index (Phi) is 5.24. The first-order valence-electron chi connectivity index (χ1n) is 7.89. The Morgan fingerprint density at radius 3 is 2.28 bits per heavy atom. The summed E-state index contributed by atoms with van der Waals surface area (Å²) < 4.78 is 11.2. The summed E-state index contributed by atoms with van der Waals surface area (Å²) in [6, 6.07) is 0.965. The molecule has 0 radical (unpaired) electrons. The summed E-state index contributed by atoms with van der Waals surface area (Å²) in [5.41, 5.74) is -1.15. The van der Waals surface area contributed by atoms with E-state index in [0.29, 0.717) is 26.2 Å². The molecular formula is C16H23N3O6. The van der Waals surface area contributed by atoms with Crippen molar-refractivity contribution in [3.8, 4) is 5.75 Å². The maximum absolute atomic E-state index is 12.1. The quantitative estimate of drug-likeness (QED) is 0.774. The van der Waals surface area contributed by atoms with Crippen LogP contribution in [0.3, 0.4) is 0 Å². The zero-order valence-corrected chi connectivity index (χ0v) is 14.8. The number of rotatable bonds is 2. The maximum Gasteiger partial charge on any atom is 0.410 e. The number of carbonyl (C=O) groups is 2. The molecule has 0 aromatic carbocycles. The van der Waals surface area contributed by atoms with Crippen LogP contribution in [0, 0.1) is 0 Å². The molecule has 0 unspecified atom stereocenters. The van der Waals surface area contributed by atoms with E-state index in [2.05, 4.69) is 4.74 Å². The number of piperazine rings is 1. The van der Waals surface area contributed by atoms with Crippen molar-refractivity contribution in [2.24, 2.45) is 0 Å². The summed E-state index contributed by atoms with van der Waals surface area (Å²) in [6.45, 7) is 6.89. The molecule has 1 aromatic heterocycles. The Labute approximate surface area is 145 Å². The van der Waals surface area contributed by atoms with E-state index >= 15 is 0 Å². The Morgan fingerprint density at radius 2 is 1.76 bits per heavy atom. The summed E-state index contributed by atoms with van der Waals surface area (Å²) in [5, 5.41) is 11.4. The van der Waals surface area contributed by atoms with E-state index in [-0.39, 0.29) is 5.56 Å². The predicted molar refractivity (Wildman–Crippen MR) is 89.5 cm³/mol. The lowest BCUT2D eigenvalue weighted by Crippen LogP contribution is -2.55. The van der Waals surface area contributed by atoms with Gasteiger partial charge in [-0.3, -0.25) is 4.79 Å². The largest absolute Gasteiger partial charge is 0.507 e. The minimum atomic E-state index is -0.737. The van der Waals surface area contributed by atoms with Gasteiger partial charge in [-0.15, -0.1) is 0 Å². The highest BCUT2D eigenvalue weighted by Crippen LogP contribution is 2.15. The molecule has 1 aromatic rings. The number of aromatic hydroxyl groups is 1. The molecule has 1 fully saturated rings. The van der Waals surface area contributed by atoms with Crippen molar-refractivity contribution in [3.63, 3.8) is 0 Å². The van der Waals surface area contributed by atoms with Gasteiger partial charge in [-0.1, -0.05) is 0 Å². The lowest BCUT2D eigenvalue weighted by molar-refractivity contribution is 0.0232. The van der Waals surface area contributed by atoms with E-state index in [4.69, 9.17) is 4.74 Å². The zero-order chi connectivity index (χ0) is 18.8. The predicted octanol–water partition coefficient (Wildman–Crippen LogP) is 0.529. The van der Waals surface area contributed by atoms with E-state index in [1.807, 2.05) is 0 Å². The third-order valence-corrected chi connectivity index (χ3v) is 3.63. The molecule has 0 atom stereocenters. The van der Waals surface area contributed by atoms with Crippen molar-refractivity contribution in [1.29, 1.82) is 0 Å². The van der Waals surface area contributed by atoms with Crippen molar-refractivity contribution in [3.05, 3.63) is 28.2 Å². The second-order valence-electron chi connectivity index (χ2n) is 6.67. The van der Waals surface area contributed by atoms with Crippen LogP contribution < -0.4 is 10.6 Å². The normalized spacial score (nSPS) is 15.0. The fourth-order valence-electron chi connectivity index (χ4n) is 2.42. The minimum Gasteiger partial charge on any atom is -0.507 e. The summed E-state index contributed by atoms with van der Waals surface area (Å²) >= 11 is 0. The van der Waals surface area contributed by atoms with Gasteiger partial charge in [0, 0.05) is 25.4 Å². The van der Waals surface area contributed by atoms with Crippen molar-refractivity contribution in [2.45, 2.75) is 26.4 Å². The van der Waals surface area contributed by atoms with Crippen molar-refractivity contribution in [2.75, 3.05) is 38.3 Å². The third-order valence-electron chi connectivity index (χ3n) is 3.63. The summed E-state index contributed by atoms with van der Waals surface area (Å²) in [7, 11) is 1.19. The van der Waals surface area contributed by atoms with E-state index in [1.165, 1.54) is 18.0 Å². The first-order chi connectivity index (χ1) is 11.6. The van der Waals surface area contributed by atoms with Gasteiger partial charge < -0.3 is 24.5 Å². The number of amides is 1. The number of nitrogens with zero attached hydrogens (tertiary/aromatic N) is 3. The lowest BCUT2D eigenvalue weighted by atomic mass is 10.2. The molecule has 1 aliphatic rings. The van der Waals surface area contributed by atoms with Crippen LogP contribution in [0.15, 0.2) is 17.1 Å². The number of ether oxygens (including phenoxy) is 2. The maximum atomic E-state index is 12.1. The number of pyridine rings is 1. The molecule has 138 valence electrons. The highest BCUT2D eigenvalue weighted by Gasteiger charge is 2.27. The Balaban J connectivity index is 2.12. The topological polar surface area (TPSA) is 101 Å². The van der Waals surface area contributed by atoms with E-state index in [1.54, 1.807) is 30.7 Å². The molecule has 0 bridgehead atoms. The SMILES string of the molecule is COC(=O)c1cn(N2CCN(C(=O)OC(C)(C)C)CC2)c(=O)cc1O. The Morgan fingerprint density at radius 1 is 1.16 bits per heavy atom. The van der Waals surface area contributed by atoms with Crippen LogP contribution in [0.5, 0.6) is 5.75 Å². The molecule has 1 N–H and O–H groups in total. The van der Waals surface area contributed by atoms with Crippen LogP contribution in [0.4, 0.5) is 4.79 Å².